The lowest BCUT2D eigenvalue weighted by Crippen LogP contribution is -2.52. The van der Waals surface area contributed by atoms with Gasteiger partial charge in [-0.3, -0.25) is 4.48 Å². The van der Waals surface area contributed by atoms with Crippen LogP contribution in [-0.2, 0) is 0 Å². The predicted octanol–water partition coefficient (Wildman–Crippen LogP) is 14.5. The molecule has 0 aliphatic carbocycles. The number of quaternary nitrogens is 1. The van der Waals surface area contributed by atoms with Crippen LogP contribution in [-0.4, -0.2) is 30.7 Å². The van der Waals surface area contributed by atoms with Crippen LogP contribution in [0.15, 0.2) is 24.3 Å². The van der Waals surface area contributed by atoms with Crippen molar-refractivity contribution in [3.05, 3.63) is 29.8 Å². The molecule has 0 heterocycles. The Hall–Kier alpha value is -1.35. The van der Waals surface area contributed by atoms with E-state index in [9.17, 15) is 9.90 Å². The van der Waals surface area contributed by atoms with Gasteiger partial charge in [-0.1, -0.05) is 187 Å². The maximum absolute atomic E-state index is 12.5. The zero-order valence-corrected chi connectivity index (χ0v) is 31.4. The number of carboxylic acids is 1. The number of rotatable bonds is 35. The van der Waals surface area contributed by atoms with Gasteiger partial charge in [-0.2, -0.15) is 0 Å². The van der Waals surface area contributed by atoms with Gasteiger partial charge in [0.05, 0.1) is 19.6 Å². The second-order valence-electron chi connectivity index (χ2n) is 14.7. The van der Waals surface area contributed by atoms with Gasteiger partial charge in [0, 0.05) is 6.07 Å². The normalized spacial score (nSPS) is 11.8. The Morgan fingerprint density at radius 2 is 0.696 bits per heavy atom. The number of para-hydroxylation sites is 1. The maximum atomic E-state index is 12.5. The third-order valence-corrected chi connectivity index (χ3v) is 10.5. The number of benzene rings is 1. The van der Waals surface area contributed by atoms with E-state index >= 15 is 0 Å². The van der Waals surface area contributed by atoms with Crippen LogP contribution in [0.5, 0.6) is 0 Å². The predicted molar refractivity (Wildman–Crippen MR) is 205 cm³/mol. The smallest absolute Gasteiger partial charge is 0.341 e. The highest BCUT2D eigenvalue weighted by atomic mass is 16.4. The molecule has 0 bridgehead atoms. The molecule has 0 aliphatic heterocycles. The number of nitrogens with zero attached hydrogens (tertiary/aromatic N) is 1. The fourth-order valence-corrected chi connectivity index (χ4v) is 7.47. The highest BCUT2D eigenvalue weighted by Crippen LogP contribution is 2.31. The minimum absolute atomic E-state index is 0.536. The Labute approximate surface area is 288 Å². The number of hydrogen-bond acceptors (Lipinski definition) is 1. The second-order valence-corrected chi connectivity index (χ2v) is 14.7. The maximum Gasteiger partial charge on any atom is 0.341 e. The van der Waals surface area contributed by atoms with E-state index in [1.54, 1.807) is 0 Å². The molecule has 3 heteroatoms. The molecule has 0 saturated carbocycles. The van der Waals surface area contributed by atoms with Crippen molar-refractivity contribution in [1.82, 2.24) is 4.48 Å². The standard InChI is InChI=1S/C43H79NO2/c1-4-7-10-13-16-19-22-25-28-33-38-44(42-37-32-31-36-41(42)43(45)46,39-34-29-26-23-20-17-14-11-8-5-2)40-35-30-27-24-21-18-15-12-9-6-3/h31-32,36-37H,4-30,33-35,38-40H2,1-3H3/p+1. The van der Waals surface area contributed by atoms with Crippen LogP contribution in [0.4, 0.5) is 5.69 Å². The first-order valence-corrected chi connectivity index (χ1v) is 20.8. The monoisotopic (exact) mass is 643 g/mol. The third-order valence-electron chi connectivity index (χ3n) is 10.5. The average molecular weight is 643 g/mol. The summed E-state index contributed by atoms with van der Waals surface area (Å²) in [6.07, 6.45) is 40.3. The molecule has 0 atom stereocenters. The quantitative estimate of drug-likeness (QED) is 0.0591. The zero-order valence-electron chi connectivity index (χ0n) is 31.4. The molecule has 1 aromatic rings. The summed E-state index contributed by atoms with van der Waals surface area (Å²) >= 11 is 0. The van der Waals surface area contributed by atoms with Gasteiger partial charge in [0.15, 0.2) is 0 Å². The Bertz CT molecular complexity index is 746. The topological polar surface area (TPSA) is 37.3 Å². The molecule has 1 aromatic carbocycles. The van der Waals surface area contributed by atoms with Gasteiger partial charge in [0.1, 0.15) is 11.3 Å². The van der Waals surface area contributed by atoms with Crippen molar-refractivity contribution >= 4 is 11.7 Å². The van der Waals surface area contributed by atoms with E-state index < -0.39 is 5.97 Å². The third kappa shape index (κ3) is 21.5. The number of aromatic carboxylic acids is 1. The fourth-order valence-electron chi connectivity index (χ4n) is 7.47. The van der Waals surface area contributed by atoms with E-state index in [0.29, 0.717) is 5.56 Å². The van der Waals surface area contributed by atoms with Gasteiger partial charge in [-0.25, -0.2) is 4.79 Å². The van der Waals surface area contributed by atoms with Crippen molar-refractivity contribution in [2.45, 2.75) is 213 Å². The Morgan fingerprint density at radius 3 is 0.978 bits per heavy atom. The van der Waals surface area contributed by atoms with Crippen molar-refractivity contribution in [3.63, 3.8) is 0 Å². The molecular formula is C43H80NO2+. The van der Waals surface area contributed by atoms with E-state index in [0.717, 1.165) is 29.8 Å². The summed E-state index contributed by atoms with van der Waals surface area (Å²) in [6.45, 7) is 10.2. The summed E-state index contributed by atoms with van der Waals surface area (Å²) in [5.41, 5.74) is 1.62. The Balaban J connectivity index is 2.79. The molecule has 46 heavy (non-hydrogen) atoms. The van der Waals surface area contributed by atoms with Gasteiger partial charge in [-0.05, 0) is 44.6 Å². The minimum Gasteiger partial charge on any atom is -0.477 e. The molecule has 0 aliphatic rings. The lowest BCUT2D eigenvalue weighted by molar-refractivity contribution is 0.0693. The lowest BCUT2D eigenvalue weighted by Gasteiger charge is -2.39. The zero-order chi connectivity index (χ0) is 33.4. The fraction of sp³-hybridized carbons (Fsp3) is 0.837. The number of unbranched alkanes of at least 4 members (excludes halogenated alkanes) is 27. The number of carboxylic acid groups (broad SMARTS) is 1. The van der Waals surface area contributed by atoms with E-state index in [1.165, 1.54) is 193 Å². The SMILES string of the molecule is CCCCCCCCCCCC[N+](CCCCCCCCCCCC)(CCCCCCCCCCCC)c1ccccc1C(=O)O. The Morgan fingerprint density at radius 1 is 0.435 bits per heavy atom. The van der Waals surface area contributed by atoms with Crippen molar-refractivity contribution < 1.29 is 9.90 Å². The second kappa shape index (κ2) is 31.0. The summed E-state index contributed by atoms with van der Waals surface area (Å²) in [7, 11) is 0. The minimum atomic E-state index is -0.757. The molecule has 0 amide bonds. The summed E-state index contributed by atoms with van der Waals surface area (Å²) in [6, 6.07) is 8.03. The largest absolute Gasteiger partial charge is 0.477 e. The summed E-state index contributed by atoms with van der Waals surface area (Å²) in [5, 5.41) is 10.3. The molecule has 0 fully saturated rings. The number of carbonyl (C=O) groups is 1. The molecule has 1 rings (SSSR count). The van der Waals surface area contributed by atoms with E-state index in [2.05, 4.69) is 32.9 Å². The summed E-state index contributed by atoms with van der Waals surface area (Å²) < 4.78 is 0.882. The van der Waals surface area contributed by atoms with Gasteiger partial charge < -0.3 is 5.11 Å². The molecule has 0 saturated heterocycles. The summed E-state index contributed by atoms with van der Waals surface area (Å²) in [4.78, 5) is 12.5. The molecule has 1 N–H and O–H groups in total. The average Bonchev–Trinajstić information content (AvgIpc) is 3.07. The first kappa shape index (κ1) is 42.7. The Kier molecular flexibility index (Phi) is 28.7. The molecular weight excluding hydrogens is 562 g/mol. The van der Waals surface area contributed by atoms with Gasteiger partial charge >= 0.3 is 5.97 Å². The van der Waals surface area contributed by atoms with E-state index in [-0.39, 0.29) is 0 Å². The van der Waals surface area contributed by atoms with Crippen molar-refractivity contribution in [1.29, 1.82) is 0 Å². The summed E-state index contributed by atoms with van der Waals surface area (Å²) in [5.74, 6) is -0.757. The first-order chi connectivity index (χ1) is 22.6. The molecule has 0 unspecified atom stereocenters. The van der Waals surface area contributed by atoms with Crippen molar-refractivity contribution in [2.24, 2.45) is 0 Å². The highest BCUT2D eigenvalue weighted by Gasteiger charge is 2.33. The van der Waals surface area contributed by atoms with Crippen molar-refractivity contribution in [2.75, 3.05) is 19.6 Å². The molecule has 3 nitrogen and oxygen atoms in total. The highest BCUT2D eigenvalue weighted by molar-refractivity contribution is 5.93. The first-order valence-electron chi connectivity index (χ1n) is 20.8. The van der Waals surface area contributed by atoms with Crippen LogP contribution in [0.1, 0.15) is 224 Å². The molecule has 0 aromatic heterocycles. The van der Waals surface area contributed by atoms with Crippen LogP contribution in [0, 0.1) is 0 Å². The van der Waals surface area contributed by atoms with Crippen LogP contribution in [0.25, 0.3) is 0 Å². The van der Waals surface area contributed by atoms with E-state index in [1.807, 2.05) is 12.1 Å². The van der Waals surface area contributed by atoms with Crippen LogP contribution in [0.2, 0.25) is 0 Å². The molecule has 0 radical (unpaired) electrons. The van der Waals surface area contributed by atoms with Crippen LogP contribution < -0.4 is 4.48 Å². The van der Waals surface area contributed by atoms with Gasteiger partial charge in [0.25, 0.3) is 0 Å². The van der Waals surface area contributed by atoms with E-state index in [4.69, 9.17) is 0 Å². The lowest BCUT2D eigenvalue weighted by atomic mass is 10.0. The van der Waals surface area contributed by atoms with Crippen molar-refractivity contribution in [3.8, 4) is 0 Å². The van der Waals surface area contributed by atoms with Crippen LogP contribution in [0.3, 0.4) is 0 Å². The van der Waals surface area contributed by atoms with Gasteiger partial charge in [0.2, 0.25) is 0 Å². The van der Waals surface area contributed by atoms with Crippen LogP contribution >= 0.6 is 0 Å². The number of hydrogen-bond donors (Lipinski definition) is 1. The van der Waals surface area contributed by atoms with Gasteiger partial charge in [-0.15, -0.1) is 0 Å². The molecule has 0 spiro atoms. The molecule has 268 valence electrons.